The number of carbonyl (C=O) groups excluding carboxylic acids is 3. The fourth-order valence-electron chi connectivity index (χ4n) is 12.7. The number of carboxylic acid groups (broad SMARTS) is 1. The molecule has 7 nitrogen and oxygen atoms in total. The van der Waals surface area contributed by atoms with E-state index >= 15 is 0 Å². The monoisotopic (exact) mass is 682 g/mol. The normalized spacial score (nSPS) is 39.1. The molecule has 0 spiro atoms. The van der Waals surface area contributed by atoms with Crippen molar-refractivity contribution in [2.75, 3.05) is 6.54 Å². The van der Waals surface area contributed by atoms with Crippen molar-refractivity contribution in [3.05, 3.63) is 47.7 Å². The summed E-state index contributed by atoms with van der Waals surface area (Å²) in [5.74, 6) is 0.149. The molecule has 5 aliphatic carbocycles. The number of hydrogen-bond donors (Lipinski definition) is 2. The van der Waals surface area contributed by atoms with Crippen LogP contribution in [0.3, 0.4) is 0 Å². The van der Waals surface area contributed by atoms with Gasteiger partial charge >= 0.3 is 5.97 Å². The molecule has 0 bridgehead atoms. The third kappa shape index (κ3) is 5.02. The van der Waals surface area contributed by atoms with Gasteiger partial charge in [0, 0.05) is 47.5 Å². The number of allylic oxidation sites excluding steroid dienone is 2. The number of carboxylic acids is 1. The first kappa shape index (κ1) is 35.2. The lowest BCUT2D eigenvalue weighted by molar-refractivity contribution is -0.187. The molecule has 4 fully saturated rings. The first-order chi connectivity index (χ1) is 23.4. The second kappa shape index (κ2) is 11.6. The van der Waals surface area contributed by atoms with Gasteiger partial charge in [-0.05, 0) is 115 Å². The van der Waals surface area contributed by atoms with Gasteiger partial charge in [0.1, 0.15) is 5.78 Å². The van der Waals surface area contributed by atoms with Crippen LogP contribution in [0.1, 0.15) is 118 Å². The summed E-state index contributed by atoms with van der Waals surface area (Å²) in [5, 5.41) is 13.7. The Labute approximate surface area is 298 Å². The third-order valence-electron chi connectivity index (χ3n) is 16.0. The molecule has 1 heterocycles. The summed E-state index contributed by atoms with van der Waals surface area (Å²) in [6, 6.07) is 10.1. The summed E-state index contributed by atoms with van der Waals surface area (Å²) >= 11 is 0. The Morgan fingerprint density at radius 1 is 0.940 bits per heavy atom. The maximum absolute atomic E-state index is 14.6. The van der Waals surface area contributed by atoms with Crippen LogP contribution in [0.2, 0.25) is 0 Å². The number of aromatic nitrogens is 1. The van der Waals surface area contributed by atoms with E-state index in [-0.39, 0.29) is 57.5 Å². The van der Waals surface area contributed by atoms with Crippen molar-refractivity contribution in [3.8, 4) is 0 Å². The van der Waals surface area contributed by atoms with Crippen LogP contribution < -0.4 is 5.32 Å². The number of fused-ring (bicyclic) bond motifs is 8. The number of aryl methyl sites for hydroxylation is 1. The highest BCUT2D eigenvalue weighted by molar-refractivity contribution is 5.96. The second-order valence-electron chi connectivity index (χ2n) is 18.9. The van der Waals surface area contributed by atoms with E-state index in [9.17, 15) is 24.3 Å². The lowest BCUT2D eigenvalue weighted by atomic mass is 9.33. The maximum atomic E-state index is 14.6. The topological polar surface area (TPSA) is 105 Å². The van der Waals surface area contributed by atoms with Crippen molar-refractivity contribution in [2.45, 2.75) is 126 Å². The lowest BCUT2D eigenvalue weighted by Crippen LogP contribution is -2.66. The molecule has 2 N–H and O–H groups in total. The number of benzene rings is 1. The molecule has 270 valence electrons. The minimum atomic E-state index is -0.818. The van der Waals surface area contributed by atoms with Crippen molar-refractivity contribution in [2.24, 2.45) is 50.2 Å². The van der Waals surface area contributed by atoms with Gasteiger partial charge in [0.05, 0.1) is 6.42 Å². The molecule has 2 aromatic rings. The van der Waals surface area contributed by atoms with Gasteiger partial charge in [-0.3, -0.25) is 19.2 Å². The van der Waals surface area contributed by atoms with Crippen molar-refractivity contribution >= 4 is 34.3 Å². The largest absolute Gasteiger partial charge is 0.481 e. The molecule has 0 saturated heterocycles. The maximum Gasteiger partial charge on any atom is 0.303 e. The van der Waals surface area contributed by atoms with Gasteiger partial charge in [-0.15, -0.1) is 0 Å². The van der Waals surface area contributed by atoms with E-state index in [2.05, 4.69) is 76.6 Å². The van der Waals surface area contributed by atoms with Crippen molar-refractivity contribution in [1.29, 1.82) is 0 Å². The van der Waals surface area contributed by atoms with Crippen LogP contribution in [-0.4, -0.2) is 39.7 Å². The summed E-state index contributed by atoms with van der Waals surface area (Å²) in [7, 11) is 0. The first-order valence-electron chi connectivity index (χ1n) is 19.3. The van der Waals surface area contributed by atoms with E-state index in [1.807, 2.05) is 18.2 Å². The molecule has 0 radical (unpaired) electrons. The smallest absolute Gasteiger partial charge is 0.303 e. The third-order valence-corrected chi connectivity index (χ3v) is 16.0. The number of ketones is 2. The number of para-hydroxylation sites is 1. The van der Waals surface area contributed by atoms with Gasteiger partial charge in [0.2, 0.25) is 5.91 Å². The van der Waals surface area contributed by atoms with Crippen LogP contribution in [0.25, 0.3) is 10.9 Å². The predicted octanol–water partition coefficient (Wildman–Crippen LogP) is 8.32. The molecule has 7 heteroatoms. The van der Waals surface area contributed by atoms with E-state index < -0.39 is 16.8 Å². The summed E-state index contributed by atoms with van der Waals surface area (Å²) < 4.78 is 2.15. The number of hydrogen-bond acceptors (Lipinski definition) is 4. The van der Waals surface area contributed by atoms with Crippen LogP contribution in [-0.2, 0) is 32.1 Å². The Bertz CT molecular complexity index is 1800. The summed E-state index contributed by atoms with van der Waals surface area (Å²) in [6.45, 7) is 17.0. The number of aliphatic carboxylic acids is 1. The summed E-state index contributed by atoms with van der Waals surface area (Å²) in [6.07, 6.45) is 10.5. The standard InChI is InChI=1S/C43H58N2O5/c1-38(2)33-14-17-43(7)36(41(33,5)16-15-34(38)47)32(46)25-29-30-26-40(4,19-18-39(30,3)20-21-42(29,43)6)37(50)44-22-23-45-28(12-13-35(48)49)24-27-10-8-9-11-31(27)45/h8-11,24-25,30,33,36H,12-23,26H2,1-7H3,(H,44,50)(H,48,49)/t30-,33-,36+,39+,40-,41-,42+,43+/m0/s1. The highest BCUT2D eigenvalue weighted by atomic mass is 16.4. The van der Waals surface area contributed by atoms with E-state index in [0.717, 1.165) is 68.0 Å². The molecule has 1 aromatic carbocycles. The number of nitrogens with zero attached hydrogens (tertiary/aromatic N) is 1. The Kier molecular flexibility index (Phi) is 8.20. The molecule has 50 heavy (non-hydrogen) atoms. The zero-order chi connectivity index (χ0) is 36.1. The van der Waals surface area contributed by atoms with E-state index in [1.54, 1.807) is 0 Å². The minimum absolute atomic E-state index is 0.0536. The van der Waals surface area contributed by atoms with Crippen LogP contribution >= 0.6 is 0 Å². The number of Topliss-reactive ketones (excluding diaryl/α,β-unsaturated/α-hetero) is 1. The average molecular weight is 683 g/mol. The molecule has 5 aliphatic rings. The highest BCUT2D eigenvalue weighted by Gasteiger charge is 2.70. The molecule has 0 unspecified atom stereocenters. The molecule has 1 aromatic heterocycles. The van der Waals surface area contributed by atoms with Gasteiger partial charge in [0.25, 0.3) is 0 Å². The van der Waals surface area contributed by atoms with Crippen LogP contribution in [0.15, 0.2) is 42.0 Å². The molecular formula is C43H58N2O5. The SMILES string of the molecule is CC1(C)C(=O)CC[C@]2(C)[C@H]3C(=O)C=C4[C@@H]5C[C@@](C)(C(=O)NCCn6c(CCC(=O)O)cc7ccccc76)CC[C@]5(C)CC[C@@]4(C)[C@]3(C)CC[C@@H]12. The number of rotatable bonds is 7. The van der Waals surface area contributed by atoms with Gasteiger partial charge in [0.15, 0.2) is 5.78 Å². The Morgan fingerprint density at radius 3 is 2.40 bits per heavy atom. The van der Waals surface area contributed by atoms with Crippen LogP contribution in [0, 0.1) is 50.2 Å². The second-order valence-corrected chi connectivity index (χ2v) is 18.9. The van der Waals surface area contributed by atoms with Crippen molar-refractivity contribution in [1.82, 2.24) is 9.88 Å². The molecule has 4 saturated carbocycles. The highest BCUT2D eigenvalue weighted by Crippen LogP contribution is 2.74. The van der Waals surface area contributed by atoms with E-state index in [0.29, 0.717) is 31.7 Å². The van der Waals surface area contributed by atoms with Gasteiger partial charge in [-0.2, -0.15) is 0 Å². The fraction of sp³-hybridized carbons (Fsp3) is 0.674. The zero-order valence-corrected chi connectivity index (χ0v) is 31.4. The molecular weight excluding hydrogens is 624 g/mol. The van der Waals surface area contributed by atoms with Gasteiger partial charge < -0.3 is 15.0 Å². The zero-order valence-electron chi connectivity index (χ0n) is 31.4. The molecule has 1 amide bonds. The Hall–Kier alpha value is -3.22. The molecule has 7 rings (SSSR count). The predicted molar refractivity (Wildman–Crippen MR) is 195 cm³/mol. The average Bonchev–Trinajstić information content (AvgIpc) is 3.41. The van der Waals surface area contributed by atoms with Crippen molar-refractivity contribution in [3.63, 3.8) is 0 Å². The molecule has 0 aliphatic heterocycles. The number of amides is 1. The molecule has 8 atom stereocenters. The lowest BCUT2D eigenvalue weighted by Gasteiger charge is -2.70. The van der Waals surface area contributed by atoms with E-state index in [4.69, 9.17) is 0 Å². The van der Waals surface area contributed by atoms with Crippen LogP contribution in [0.4, 0.5) is 0 Å². The summed E-state index contributed by atoms with van der Waals surface area (Å²) in [5.41, 5.74) is 1.89. The Balaban J connectivity index is 1.13. The number of nitrogens with one attached hydrogen (secondary N) is 1. The first-order valence-corrected chi connectivity index (χ1v) is 19.3. The summed E-state index contributed by atoms with van der Waals surface area (Å²) in [4.78, 5) is 53.3. The quantitative estimate of drug-likeness (QED) is 0.306. The van der Waals surface area contributed by atoms with Crippen molar-refractivity contribution < 1.29 is 24.3 Å². The van der Waals surface area contributed by atoms with Gasteiger partial charge in [-0.25, -0.2) is 0 Å². The van der Waals surface area contributed by atoms with Crippen LogP contribution in [0.5, 0.6) is 0 Å². The minimum Gasteiger partial charge on any atom is -0.481 e. The van der Waals surface area contributed by atoms with E-state index in [1.165, 1.54) is 5.57 Å². The fourth-order valence-corrected chi connectivity index (χ4v) is 12.7. The van der Waals surface area contributed by atoms with Gasteiger partial charge in [-0.1, -0.05) is 72.2 Å². The Morgan fingerprint density at radius 2 is 1.66 bits per heavy atom. The number of carbonyl (C=O) groups is 4.